The summed E-state index contributed by atoms with van der Waals surface area (Å²) in [6, 6.07) is 20.1. The third-order valence-corrected chi connectivity index (χ3v) is 6.52. The average molecular weight is 633 g/mol. The number of anilines is 1. The SMILES string of the molecule is Cc1c(Cl)cccc1NC(=O)/C(C#N)=C\c1cc(Br)c(OCc2ccccc2C#N)c(I)c1. The molecule has 0 heterocycles. The molecule has 0 bridgehead atoms. The van der Waals surface area contributed by atoms with E-state index < -0.39 is 5.91 Å². The number of halogens is 3. The molecule has 0 aliphatic carbocycles. The lowest BCUT2D eigenvalue weighted by Gasteiger charge is -2.12. The fourth-order valence-corrected chi connectivity index (χ4v) is 4.90. The minimum Gasteiger partial charge on any atom is -0.487 e. The van der Waals surface area contributed by atoms with Crippen molar-refractivity contribution in [3.05, 3.63) is 95.5 Å². The van der Waals surface area contributed by atoms with Crippen LogP contribution in [0.15, 0.2) is 64.6 Å². The van der Waals surface area contributed by atoms with Gasteiger partial charge in [-0.1, -0.05) is 35.9 Å². The Balaban J connectivity index is 1.81. The van der Waals surface area contributed by atoms with Crippen molar-refractivity contribution in [2.75, 3.05) is 5.32 Å². The molecule has 0 radical (unpaired) electrons. The number of amides is 1. The van der Waals surface area contributed by atoms with Crippen LogP contribution in [0, 0.1) is 33.2 Å². The van der Waals surface area contributed by atoms with Crippen molar-refractivity contribution in [2.24, 2.45) is 0 Å². The summed E-state index contributed by atoms with van der Waals surface area (Å²) in [4.78, 5) is 12.7. The van der Waals surface area contributed by atoms with E-state index in [1.165, 1.54) is 6.08 Å². The first-order valence-electron chi connectivity index (χ1n) is 9.62. The summed E-state index contributed by atoms with van der Waals surface area (Å²) in [6.45, 7) is 2.03. The van der Waals surface area contributed by atoms with E-state index in [-0.39, 0.29) is 12.2 Å². The van der Waals surface area contributed by atoms with Crippen LogP contribution in [-0.4, -0.2) is 5.91 Å². The molecule has 0 fully saturated rings. The molecule has 0 unspecified atom stereocenters. The van der Waals surface area contributed by atoms with E-state index in [4.69, 9.17) is 16.3 Å². The summed E-state index contributed by atoms with van der Waals surface area (Å²) in [5.74, 6) is 0.0837. The molecule has 5 nitrogen and oxygen atoms in total. The molecular weight excluding hydrogens is 617 g/mol. The zero-order chi connectivity index (χ0) is 24.0. The minimum absolute atomic E-state index is 0.0475. The Morgan fingerprint density at radius 1 is 1.21 bits per heavy atom. The van der Waals surface area contributed by atoms with Crippen molar-refractivity contribution >= 4 is 67.8 Å². The van der Waals surface area contributed by atoms with E-state index >= 15 is 0 Å². The Hall–Kier alpha value is -2.85. The van der Waals surface area contributed by atoms with Gasteiger partial charge in [-0.05, 0) is 93.0 Å². The van der Waals surface area contributed by atoms with Crippen LogP contribution < -0.4 is 10.1 Å². The van der Waals surface area contributed by atoms with E-state index in [0.717, 1.165) is 14.7 Å². The third-order valence-electron chi connectivity index (χ3n) is 4.72. The Kier molecular flexibility index (Phi) is 8.51. The average Bonchev–Trinajstić information content (AvgIpc) is 2.80. The highest BCUT2D eigenvalue weighted by atomic mass is 127. The van der Waals surface area contributed by atoms with Crippen LogP contribution in [-0.2, 0) is 11.4 Å². The highest BCUT2D eigenvalue weighted by molar-refractivity contribution is 14.1. The summed E-state index contributed by atoms with van der Waals surface area (Å²) < 4.78 is 7.40. The lowest BCUT2D eigenvalue weighted by Crippen LogP contribution is -2.14. The smallest absolute Gasteiger partial charge is 0.266 e. The number of carbonyl (C=O) groups is 1. The molecule has 1 amide bonds. The molecule has 0 atom stereocenters. The van der Waals surface area contributed by atoms with Crippen molar-refractivity contribution < 1.29 is 9.53 Å². The molecule has 0 saturated heterocycles. The number of benzene rings is 3. The minimum atomic E-state index is -0.526. The molecule has 8 heteroatoms. The number of rotatable bonds is 6. The molecule has 0 aromatic heterocycles. The number of nitriles is 2. The van der Waals surface area contributed by atoms with Crippen LogP contribution in [0.5, 0.6) is 5.75 Å². The quantitative estimate of drug-likeness (QED) is 0.180. The zero-order valence-electron chi connectivity index (χ0n) is 17.3. The van der Waals surface area contributed by atoms with Gasteiger partial charge in [-0.2, -0.15) is 10.5 Å². The largest absolute Gasteiger partial charge is 0.487 e. The highest BCUT2D eigenvalue weighted by Crippen LogP contribution is 2.33. The van der Waals surface area contributed by atoms with Crippen LogP contribution >= 0.6 is 50.1 Å². The Morgan fingerprint density at radius 2 is 1.97 bits per heavy atom. The maximum atomic E-state index is 12.7. The fraction of sp³-hybridized carbons (Fsp3) is 0.0800. The van der Waals surface area contributed by atoms with E-state index in [1.807, 2.05) is 24.3 Å². The van der Waals surface area contributed by atoms with Gasteiger partial charge >= 0.3 is 0 Å². The topological polar surface area (TPSA) is 85.9 Å². The molecule has 164 valence electrons. The molecule has 0 aliphatic rings. The predicted octanol–water partition coefficient (Wildman–Crippen LogP) is 7.01. The van der Waals surface area contributed by atoms with E-state index in [9.17, 15) is 15.3 Å². The van der Waals surface area contributed by atoms with Gasteiger partial charge in [0.1, 0.15) is 24.0 Å². The number of nitrogens with one attached hydrogen (secondary N) is 1. The second kappa shape index (κ2) is 11.3. The van der Waals surface area contributed by atoms with Crippen molar-refractivity contribution in [3.8, 4) is 17.9 Å². The molecule has 0 saturated carbocycles. The molecule has 3 aromatic rings. The predicted molar refractivity (Wildman–Crippen MR) is 141 cm³/mol. The zero-order valence-corrected chi connectivity index (χ0v) is 21.8. The van der Waals surface area contributed by atoms with Crippen LogP contribution in [0.2, 0.25) is 5.02 Å². The molecule has 0 spiro atoms. The maximum absolute atomic E-state index is 12.7. The lowest BCUT2D eigenvalue weighted by atomic mass is 10.1. The molecule has 3 aromatic carbocycles. The summed E-state index contributed by atoms with van der Waals surface area (Å²) in [7, 11) is 0. The first-order chi connectivity index (χ1) is 15.8. The van der Waals surface area contributed by atoms with Crippen LogP contribution in [0.25, 0.3) is 6.08 Å². The van der Waals surface area contributed by atoms with Crippen molar-refractivity contribution in [3.63, 3.8) is 0 Å². The number of hydrogen-bond donors (Lipinski definition) is 1. The summed E-state index contributed by atoms with van der Waals surface area (Å²) in [5.41, 5.74) is 3.22. The summed E-state index contributed by atoms with van der Waals surface area (Å²) >= 11 is 11.7. The molecular formula is C25H16BrClIN3O2. The second-order valence-corrected chi connectivity index (χ2v) is 9.33. The third kappa shape index (κ3) is 6.14. The van der Waals surface area contributed by atoms with Gasteiger partial charge in [0.2, 0.25) is 0 Å². The first kappa shape index (κ1) is 24.8. The van der Waals surface area contributed by atoms with E-state index in [1.54, 1.807) is 43.3 Å². The van der Waals surface area contributed by atoms with Crippen LogP contribution in [0.4, 0.5) is 5.69 Å². The van der Waals surface area contributed by atoms with Gasteiger partial charge in [-0.15, -0.1) is 0 Å². The van der Waals surface area contributed by atoms with Crippen molar-refractivity contribution in [1.29, 1.82) is 10.5 Å². The molecule has 1 N–H and O–H groups in total. The first-order valence-corrected chi connectivity index (χ1v) is 11.9. The molecule has 3 rings (SSSR count). The summed E-state index contributed by atoms with van der Waals surface area (Å²) in [6.07, 6.45) is 1.51. The molecule has 33 heavy (non-hydrogen) atoms. The van der Waals surface area contributed by atoms with Gasteiger partial charge in [0.15, 0.2) is 0 Å². The van der Waals surface area contributed by atoms with Gasteiger partial charge < -0.3 is 10.1 Å². The normalized spacial score (nSPS) is 10.8. The van der Waals surface area contributed by atoms with Crippen molar-refractivity contribution in [1.82, 2.24) is 0 Å². The van der Waals surface area contributed by atoms with Crippen molar-refractivity contribution in [2.45, 2.75) is 13.5 Å². The summed E-state index contributed by atoms with van der Waals surface area (Å²) in [5, 5.41) is 22.1. The van der Waals surface area contributed by atoms with Gasteiger partial charge in [-0.3, -0.25) is 4.79 Å². The van der Waals surface area contributed by atoms with E-state index in [0.29, 0.717) is 32.1 Å². The number of nitrogens with zero attached hydrogens (tertiary/aromatic N) is 2. The highest BCUT2D eigenvalue weighted by Gasteiger charge is 2.14. The fourth-order valence-electron chi connectivity index (χ4n) is 2.95. The van der Waals surface area contributed by atoms with Crippen LogP contribution in [0.3, 0.4) is 0 Å². The standard InChI is InChI=1S/C25H16BrClIN3O2/c1-15-21(27)7-4-8-23(15)31-25(32)19(13-30)9-16-10-20(26)24(22(28)11-16)33-14-18-6-3-2-5-17(18)12-29/h2-11H,14H2,1H3,(H,31,32)/b19-9-. The van der Waals surface area contributed by atoms with Gasteiger partial charge in [-0.25, -0.2) is 0 Å². The second-order valence-electron chi connectivity index (χ2n) is 6.91. The Morgan fingerprint density at radius 3 is 2.67 bits per heavy atom. The van der Waals surface area contributed by atoms with E-state index in [2.05, 4.69) is 49.9 Å². The number of ether oxygens (including phenoxy) is 1. The van der Waals surface area contributed by atoms with Gasteiger partial charge in [0.05, 0.1) is 19.7 Å². The van der Waals surface area contributed by atoms with Gasteiger partial charge in [0.25, 0.3) is 5.91 Å². The van der Waals surface area contributed by atoms with Gasteiger partial charge in [0, 0.05) is 16.3 Å². The monoisotopic (exact) mass is 631 g/mol. The van der Waals surface area contributed by atoms with Crippen LogP contribution in [0.1, 0.15) is 22.3 Å². The number of carbonyl (C=O) groups excluding carboxylic acids is 1. The maximum Gasteiger partial charge on any atom is 0.266 e. The number of hydrogen-bond acceptors (Lipinski definition) is 4. The Bertz CT molecular complexity index is 1320. The lowest BCUT2D eigenvalue weighted by molar-refractivity contribution is -0.112. The Labute approximate surface area is 218 Å². The molecule has 0 aliphatic heterocycles.